The molecule has 1 aliphatic rings. The van der Waals surface area contributed by atoms with Gasteiger partial charge in [0.05, 0.1) is 52.1 Å². The van der Waals surface area contributed by atoms with Crippen molar-refractivity contribution in [3.63, 3.8) is 0 Å². The first-order valence-corrected chi connectivity index (χ1v) is 14.6. The summed E-state index contributed by atoms with van der Waals surface area (Å²) in [5.74, 6) is -2.98. The van der Waals surface area contributed by atoms with Crippen molar-refractivity contribution in [1.82, 2.24) is 10.8 Å². The van der Waals surface area contributed by atoms with Crippen LogP contribution in [0, 0.1) is 0 Å². The van der Waals surface area contributed by atoms with E-state index in [9.17, 15) is 28.8 Å². The van der Waals surface area contributed by atoms with Crippen molar-refractivity contribution >= 4 is 36.2 Å². The SMILES string of the molecule is COC(=O)C1O[C@@H](Oc2ccc(C=O)cc2C(=O)NCCOCCOCCONC(=O)OC(C)(C)C)C[C@@H](OC(C)=O)[C@@H]1OC(C)=O. The number of carbonyl (C=O) groups excluding carboxylic acids is 6. The average molecular weight is 671 g/mol. The molecule has 1 aromatic carbocycles. The van der Waals surface area contributed by atoms with E-state index in [2.05, 4.69) is 10.8 Å². The van der Waals surface area contributed by atoms with Crippen LogP contribution in [-0.4, -0.2) is 113 Å². The van der Waals surface area contributed by atoms with Crippen molar-refractivity contribution in [2.24, 2.45) is 0 Å². The molecule has 2 amide bonds. The van der Waals surface area contributed by atoms with Crippen LogP contribution in [0.3, 0.4) is 0 Å². The molecule has 0 saturated carbocycles. The predicted octanol–water partition coefficient (Wildman–Crippen LogP) is 1.25. The number of nitrogens with one attached hydrogen (secondary N) is 2. The molecular formula is C30H42N2O15. The number of esters is 3. The molecule has 4 atom stereocenters. The third-order valence-electron chi connectivity index (χ3n) is 5.87. The summed E-state index contributed by atoms with van der Waals surface area (Å²) < 4.78 is 42.7. The number of benzene rings is 1. The van der Waals surface area contributed by atoms with Gasteiger partial charge >= 0.3 is 24.0 Å². The molecule has 0 aromatic heterocycles. The predicted molar refractivity (Wildman–Crippen MR) is 158 cm³/mol. The van der Waals surface area contributed by atoms with Crippen molar-refractivity contribution < 1.29 is 71.5 Å². The molecule has 47 heavy (non-hydrogen) atoms. The lowest BCUT2D eigenvalue weighted by Gasteiger charge is -2.38. The van der Waals surface area contributed by atoms with E-state index in [1.165, 1.54) is 18.2 Å². The first-order chi connectivity index (χ1) is 22.2. The Kier molecular flexibility index (Phi) is 16.0. The van der Waals surface area contributed by atoms with Crippen LogP contribution < -0.4 is 15.5 Å². The van der Waals surface area contributed by atoms with Gasteiger partial charge in [-0.15, -0.1) is 0 Å². The molecule has 1 saturated heterocycles. The topological polar surface area (TPSA) is 210 Å². The highest BCUT2D eigenvalue weighted by molar-refractivity contribution is 5.98. The van der Waals surface area contributed by atoms with Crippen molar-refractivity contribution in [1.29, 1.82) is 0 Å². The molecule has 1 aliphatic heterocycles. The van der Waals surface area contributed by atoms with Gasteiger partial charge in [-0.3, -0.25) is 24.0 Å². The van der Waals surface area contributed by atoms with Crippen LogP contribution >= 0.6 is 0 Å². The second kappa shape index (κ2) is 19.4. The van der Waals surface area contributed by atoms with Gasteiger partial charge < -0.3 is 43.2 Å². The number of hydrogen-bond acceptors (Lipinski definition) is 15. The normalized spacial score (nSPS) is 19.1. The molecule has 1 aromatic rings. The Balaban J connectivity index is 1.90. The van der Waals surface area contributed by atoms with E-state index in [0.29, 0.717) is 6.29 Å². The Morgan fingerprint density at radius 1 is 0.957 bits per heavy atom. The zero-order valence-corrected chi connectivity index (χ0v) is 27.2. The maximum absolute atomic E-state index is 13.1. The van der Waals surface area contributed by atoms with Crippen LogP contribution in [0.4, 0.5) is 4.79 Å². The minimum absolute atomic E-state index is 0.00748. The summed E-state index contributed by atoms with van der Waals surface area (Å²) in [4.78, 5) is 76.9. The fourth-order valence-corrected chi connectivity index (χ4v) is 4.06. The average Bonchev–Trinajstić information content (AvgIpc) is 2.99. The monoisotopic (exact) mass is 670 g/mol. The zero-order chi connectivity index (χ0) is 35.0. The van der Waals surface area contributed by atoms with Gasteiger partial charge in [-0.05, 0) is 39.0 Å². The molecule has 0 aliphatic carbocycles. The molecule has 0 bridgehead atoms. The molecule has 1 unspecified atom stereocenters. The standard InChI is InChI=1S/C30H42N2O15/c1-18(34)43-23-16-24(46-26(28(37)39-6)25(23)44-19(2)35)45-22-8-7-20(17-33)15-21(22)27(36)31-9-10-40-11-12-41-13-14-42-32-29(38)47-30(3,4)5/h7-8,15,17,23-26H,9-14,16H2,1-6H3,(H,31,36)(H,32,38)/t23-,24-,25+,26?/m1/s1. The molecule has 1 fully saturated rings. The molecular weight excluding hydrogens is 628 g/mol. The van der Waals surface area contributed by atoms with E-state index < -0.39 is 60.1 Å². The third kappa shape index (κ3) is 14.3. The van der Waals surface area contributed by atoms with Gasteiger partial charge in [0.2, 0.25) is 6.29 Å². The quantitative estimate of drug-likeness (QED) is 0.0786. The van der Waals surface area contributed by atoms with Crippen molar-refractivity contribution in [2.45, 2.75) is 71.2 Å². The summed E-state index contributed by atoms with van der Waals surface area (Å²) in [6, 6.07) is 4.08. The molecule has 17 nitrogen and oxygen atoms in total. The molecule has 2 rings (SSSR count). The lowest BCUT2D eigenvalue weighted by molar-refractivity contribution is -0.241. The van der Waals surface area contributed by atoms with Gasteiger partial charge in [0.25, 0.3) is 5.91 Å². The number of methoxy groups -OCH3 is 1. The van der Waals surface area contributed by atoms with Gasteiger partial charge in [-0.25, -0.2) is 9.59 Å². The maximum Gasteiger partial charge on any atom is 0.431 e. The van der Waals surface area contributed by atoms with Crippen molar-refractivity contribution in [2.75, 3.05) is 46.7 Å². The number of amides is 2. The lowest BCUT2D eigenvalue weighted by Crippen LogP contribution is -2.56. The van der Waals surface area contributed by atoms with E-state index in [1.807, 2.05) is 0 Å². The van der Waals surface area contributed by atoms with E-state index in [-0.39, 0.29) is 62.9 Å². The molecule has 17 heteroatoms. The van der Waals surface area contributed by atoms with Crippen LogP contribution in [0.15, 0.2) is 18.2 Å². The van der Waals surface area contributed by atoms with Gasteiger partial charge in [0.15, 0.2) is 12.2 Å². The summed E-state index contributed by atoms with van der Waals surface area (Å²) in [5.41, 5.74) is 1.66. The first kappa shape index (κ1) is 38.9. The highest BCUT2D eigenvalue weighted by Gasteiger charge is 2.48. The lowest BCUT2D eigenvalue weighted by atomic mass is 10.0. The zero-order valence-electron chi connectivity index (χ0n) is 27.2. The summed E-state index contributed by atoms with van der Waals surface area (Å²) in [6.07, 6.45) is -5.57. The van der Waals surface area contributed by atoms with Crippen LogP contribution in [0.25, 0.3) is 0 Å². The maximum atomic E-state index is 13.1. The summed E-state index contributed by atoms with van der Waals surface area (Å²) in [6.45, 7) is 8.37. The van der Waals surface area contributed by atoms with E-state index in [1.54, 1.807) is 20.8 Å². The Labute approximate surface area is 271 Å². The van der Waals surface area contributed by atoms with E-state index in [0.717, 1.165) is 21.0 Å². The highest BCUT2D eigenvalue weighted by Crippen LogP contribution is 2.30. The molecule has 2 N–H and O–H groups in total. The highest BCUT2D eigenvalue weighted by atomic mass is 16.7. The van der Waals surface area contributed by atoms with Gasteiger partial charge in [-0.2, -0.15) is 5.48 Å². The number of aldehydes is 1. The largest absolute Gasteiger partial charge is 0.467 e. The number of hydrogen-bond donors (Lipinski definition) is 2. The summed E-state index contributed by atoms with van der Waals surface area (Å²) in [7, 11) is 1.10. The van der Waals surface area contributed by atoms with Crippen molar-refractivity contribution in [3.8, 4) is 5.75 Å². The minimum atomic E-state index is -1.51. The number of rotatable bonds is 17. The Hall–Kier alpha value is -4.32. The molecule has 1 heterocycles. The number of ether oxygens (including phenoxy) is 8. The number of carbonyl (C=O) groups is 6. The molecule has 0 spiro atoms. The van der Waals surface area contributed by atoms with E-state index >= 15 is 0 Å². The van der Waals surface area contributed by atoms with Crippen LogP contribution in [-0.2, 0) is 52.4 Å². The Morgan fingerprint density at radius 2 is 1.62 bits per heavy atom. The number of hydroxylamine groups is 1. The van der Waals surface area contributed by atoms with Crippen LogP contribution in [0.1, 0.15) is 61.8 Å². The first-order valence-electron chi connectivity index (χ1n) is 14.6. The molecule has 0 radical (unpaired) electrons. The van der Waals surface area contributed by atoms with Gasteiger partial charge in [0, 0.05) is 26.0 Å². The van der Waals surface area contributed by atoms with Crippen LogP contribution in [0.2, 0.25) is 0 Å². The second-order valence-corrected chi connectivity index (χ2v) is 10.9. The van der Waals surface area contributed by atoms with Crippen molar-refractivity contribution in [3.05, 3.63) is 29.3 Å². The third-order valence-corrected chi connectivity index (χ3v) is 5.87. The summed E-state index contributed by atoms with van der Waals surface area (Å²) in [5, 5.41) is 2.66. The Morgan fingerprint density at radius 3 is 2.23 bits per heavy atom. The Bertz CT molecular complexity index is 1230. The van der Waals surface area contributed by atoms with Gasteiger partial charge in [0.1, 0.15) is 23.7 Å². The second-order valence-electron chi connectivity index (χ2n) is 10.9. The molecule has 262 valence electrons. The fraction of sp³-hybridized carbons (Fsp3) is 0.600. The van der Waals surface area contributed by atoms with Gasteiger partial charge in [-0.1, -0.05) is 0 Å². The minimum Gasteiger partial charge on any atom is -0.467 e. The summed E-state index contributed by atoms with van der Waals surface area (Å²) >= 11 is 0. The smallest absolute Gasteiger partial charge is 0.431 e. The fourth-order valence-electron chi connectivity index (χ4n) is 4.06. The van der Waals surface area contributed by atoms with Crippen LogP contribution in [0.5, 0.6) is 5.75 Å². The van der Waals surface area contributed by atoms with E-state index in [4.69, 9.17) is 42.7 Å².